The number of carbonyl (C=O) groups excluding carboxylic acids is 2. The minimum absolute atomic E-state index is 0.0808. The van der Waals surface area contributed by atoms with E-state index in [9.17, 15) is 9.59 Å². The van der Waals surface area contributed by atoms with Crippen molar-refractivity contribution in [3.8, 4) is 10.8 Å². The van der Waals surface area contributed by atoms with Crippen molar-refractivity contribution in [3.63, 3.8) is 0 Å². The number of benzene rings is 1. The molecule has 0 saturated carbocycles. The van der Waals surface area contributed by atoms with Gasteiger partial charge in [0, 0.05) is 25.2 Å². The van der Waals surface area contributed by atoms with Gasteiger partial charge in [-0.25, -0.2) is 4.79 Å². The van der Waals surface area contributed by atoms with Gasteiger partial charge in [-0.3, -0.25) is 4.79 Å². The molecule has 0 unspecified atom stereocenters. The normalized spacial score (nSPS) is 10.5. The second-order valence-electron chi connectivity index (χ2n) is 6.29. The molecule has 0 atom stereocenters. The molecule has 0 aliphatic carbocycles. The van der Waals surface area contributed by atoms with Gasteiger partial charge < -0.3 is 20.0 Å². The standard InChI is InChI=1S/C20H23N5O3S/c1-2-12-25(14-17-23-24-19(28-17)16-9-6-13-29-16)18(26)10-11-21-20(27)22-15-7-4-3-5-8-15/h3-9,13H,2,10-12,14H2,1H3,(H2,21,22,27). The fourth-order valence-electron chi connectivity index (χ4n) is 2.68. The summed E-state index contributed by atoms with van der Waals surface area (Å²) in [6.07, 6.45) is 0.994. The molecule has 8 nitrogen and oxygen atoms in total. The van der Waals surface area contributed by atoms with E-state index in [0.717, 1.165) is 11.3 Å². The number of hydrogen-bond donors (Lipinski definition) is 2. The number of thiophene rings is 1. The van der Waals surface area contributed by atoms with Crippen LogP contribution in [0.4, 0.5) is 10.5 Å². The second kappa shape index (κ2) is 10.4. The first kappa shape index (κ1) is 20.5. The molecule has 9 heteroatoms. The van der Waals surface area contributed by atoms with E-state index < -0.39 is 0 Å². The smallest absolute Gasteiger partial charge is 0.319 e. The lowest BCUT2D eigenvalue weighted by Crippen LogP contribution is -2.36. The molecule has 0 aliphatic heterocycles. The summed E-state index contributed by atoms with van der Waals surface area (Å²) in [6, 6.07) is 12.6. The summed E-state index contributed by atoms with van der Waals surface area (Å²) < 4.78 is 5.68. The summed E-state index contributed by atoms with van der Waals surface area (Å²) in [5, 5.41) is 15.4. The van der Waals surface area contributed by atoms with Crippen molar-refractivity contribution in [2.75, 3.05) is 18.4 Å². The second-order valence-corrected chi connectivity index (χ2v) is 7.24. The first-order chi connectivity index (χ1) is 14.2. The van der Waals surface area contributed by atoms with Gasteiger partial charge in [0.15, 0.2) is 0 Å². The highest BCUT2D eigenvalue weighted by atomic mass is 32.1. The molecule has 0 bridgehead atoms. The molecule has 29 heavy (non-hydrogen) atoms. The van der Waals surface area contributed by atoms with Crippen molar-refractivity contribution in [2.45, 2.75) is 26.3 Å². The van der Waals surface area contributed by atoms with Crippen LogP contribution in [0.2, 0.25) is 0 Å². The molecule has 152 valence electrons. The molecular formula is C20H23N5O3S. The van der Waals surface area contributed by atoms with Gasteiger partial charge in [0.2, 0.25) is 11.8 Å². The van der Waals surface area contributed by atoms with E-state index in [1.54, 1.807) is 17.0 Å². The first-order valence-electron chi connectivity index (χ1n) is 9.39. The molecular weight excluding hydrogens is 390 g/mol. The number of para-hydroxylation sites is 1. The Morgan fingerprint density at radius 3 is 2.69 bits per heavy atom. The number of aromatic nitrogens is 2. The van der Waals surface area contributed by atoms with Gasteiger partial charge in [-0.2, -0.15) is 0 Å². The maximum atomic E-state index is 12.6. The van der Waals surface area contributed by atoms with Gasteiger partial charge in [0.05, 0.1) is 11.4 Å². The molecule has 2 N–H and O–H groups in total. The Morgan fingerprint density at radius 2 is 1.97 bits per heavy atom. The van der Waals surface area contributed by atoms with Gasteiger partial charge in [0.1, 0.15) is 0 Å². The van der Waals surface area contributed by atoms with Crippen molar-refractivity contribution in [3.05, 3.63) is 53.7 Å². The number of amides is 3. The Kier molecular flexibility index (Phi) is 7.34. The topological polar surface area (TPSA) is 100 Å². The van der Waals surface area contributed by atoms with E-state index in [1.807, 2.05) is 42.6 Å². The van der Waals surface area contributed by atoms with Gasteiger partial charge in [-0.1, -0.05) is 31.2 Å². The summed E-state index contributed by atoms with van der Waals surface area (Å²) in [4.78, 5) is 27.1. The van der Waals surface area contributed by atoms with Crippen molar-refractivity contribution in [1.82, 2.24) is 20.4 Å². The molecule has 0 fully saturated rings. The number of rotatable bonds is 9. The molecule has 2 aromatic heterocycles. The van der Waals surface area contributed by atoms with E-state index in [2.05, 4.69) is 20.8 Å². The van der Waals surface area contributed by atoms with Crippen LogP contribution < -0.4 is 10.6 Å². The summed E-state index contributed by atoms with van der Waals surface area (Å²) in [5.74, 6) is 0.769. The predicted molar refractivity (Wildman–Crippen MR) is 111 cm³/mol. The number of nitrogens with one attached hydrogen (secondary N) is 2. The number of carbonyl (C=O) groups is 2. The lowest BCUT2D eigenvalue weighted by molar-refractivity contribution is -0.132. The summed E-state index contributed by atoms with van der Waals surface area (Å²) >= 11 is 1.52. The van der Waals surface area contributed by atoms with Crippen LogP contribution in [0.25, 0.3) is 10.8 Å². The van der Waals surface area contributed by atoms with E-state index in [1.165, 1.54) is 11.3 Å². The summed E-state index contributed by atoms with van der Waals surface area (Å²) in [6.45, 7) is 3.06. The fourth-order valence-corrected chi connectivity index (χ4v) is 3.32. The third-order valence-electron chi connectivity index (χ3n) is 4.03. The maximum absolute atomic E-state index is 12.6. The van der Waals surface area contributed by atoms with Crippen molar-refractivity contribution >= 4 is 29.0 Å². The number of hydrogen-bond acceptors (Lipinski definition) is 6. The molecule has 1 aromatic carbocycles. The fraction of sp³-hybridized carbons (Fsp3) is 0.300. The monoisotopic (exact) mass is 413 g/mol. The lowest BCUT2D eigenvalue weighted by Gasteiger charge is -2.20. The largest absolute Gasteiger partial charge is 0.418 e. The van der Waals surface area contributed by atoms with Crippen LogP contribution in [0.3, 0.4) is 0 Å². The SMILES string of the molecule is CCCN(Cc1nnc(-c2cccs2)o1)C(=O)CCNC(=O)Nc1ccccc1. The highest BCUT2D eigenvalue weighted by Gasteiger charge is 2.17. The van der Waals surface area contributed by atoms with Crippen molar-refractivity contribution < 1.29 is 14.0 Å². The zero-order chi connectivity index (χ0) is 20.5. The zero-order valence-corrected chi connectivity index (χ0v) is 16.9. The summed E-state index contributed by atoms with van der Waals surface area (Å²) in [7, 11) is 0. The lowest BCUT2D eigenvalue weighted by atomic mass is 10.3. The quantitative estimate of drug-likeness (QED) is 0.556. The molecule has 2 heterocycles. The number of urea groups is 1. The predicted octanol–water partition coefficient (Wildman–Crippen LogP) is 3.75. The summed E-state index contributed by atoms with van der Waals surface area (Å²) in [5.41, 5.74) is 0.696. The van der Waals surface area contributed by atoms with Gasteiger partial charge in [-0.15, -0.1) is 21.5 Å². The van der Waals surface area contributed by atoms with Crippen LogP contribution in [0, 0.1) is 0 Å². The average Bonchev–Trinajstić information content (AvgIpc) is 3.40. The first-order valence-corrected chi connectivity index (χ1v) is 10.3. The van der Waals surface area contributed by atoms with Gasteiger partial charge in [0.25, 0.3) is 5.89 Å². The van der Waals surface area contributed by atoms with E-state index in [-0.39, 0.29) is 31.4 Å². The zero-order valence-electron chi connectivity index (χ0n) is 16.1. The van der Waals surface area contributed by atoms with Gasteiger partial charge >= 0.3 is 6.03 Å². The third-order valence-corrected chi connectivity index (χ3v) is 4.89. The van der Waals surface area contributed by atoms with E-state index in [0.29, 0.717) is 24.0 Å². The van der Waals surface area contributed by atoms with Crippen LogP contribution in [0.5, 0.6) is 0 Å². The Morgan fingerprint density at radius 1 is 1.14 bits per heavy atom. The Labute approximate surface area is 172 Å². The Balaban J connectivity index is 1.48. The molecule has 0 saturated heterocycles. The van der Waals surface area contributed by atoms with Crippen molar-refractivity contribution in [2.24, 2.45) is 0 Å². The minimum atomic E-state index is -0.344. The molecule has 3 aromatic rings. The van der Waals surface area contributed by atoms with Crippen molar-refractivity contribution in [1.29, 1.82) is 0 Å². The Bertz CT molecular complexity index is 911. The maximum Gasteiger partial charge on any atom is 0.319 e. The van der Waals surface area contributed by atoms with E-state index >= 15 is 0 Å². The number of nitrogens with zero attached hydrogens (tertiary/aromatic N) is 3. The van der Waals surface area contributed by atoms with E-state index in [4.69, 9.17) is 4.42 Å². The Hall–Kier alpha value is -3.20. The average molecular weight is 414 g/mol. The third kappa shape index (κ3) is 6.15. The molecule has 0 spiro atoms. The minimum Gasteiger partial charge on any atom is -0.418 e. The molecule has 0 aliphatic rings. The van der Waals surface area contributed by atoms with Crippen LogP contribution in [0.15, 0.2) is 52.3 Å². The van der Waals surface area contributed by atoms with Crippen LogP contribution >= 0.6 is 11.3 Å². The van der Waals surface area contributed by atoms with Crippen LogP contribution in [0.1, 0.15) is 25.7 Å². The van der Waals surface area contributed by atoms with Crippen LogP contribution in [-0.4, -0.2) is 40.1 Å². The molecule has 3 rings (SSSR count). The molecule has 0 radical (unpaired) electrons. The molecule has 3 amide bonds. The number of anilines is 1. The highest BCUT2D eigenvalue weighted by molar-refractivity contribution is 7.13. The van der Waals surface area contributed by atoms with Crippen LogP contribution in [-0.2, 0) is 11.3 Å². The van der Waals surface area contributed by atoms with Gasteiger partial charge in [-0.05, 0) is 30.0 Å². The highest BCUT2D eigenvalue weighted by Crippen LogP contribution is 2.23.